The Kier molecular flexibility index (Phi) is 5.77. The third-order valence-electron chi connectivity index (χ3n) is 3.94. The van der Waals surface area contributed by atoms with E-state index in [0.717, 1.165) is 29.3 Å². The quantitative estimate of drug-likeness (QED) is 0.656. The smallest absolute Gasteiger partial charge is 0.331 e. The van der Waals surface area contributed by atoms with Crippen LogP contribution in [0.5, 0.6) is 0 Å². The van der Waals surface area contributed by atoms with Gasteiger partial charge in [-0.25, -0.2) is 4.79 Å². The van der Waals surface area contributed by atoms with Crippen LogP contribution in [0.2, 0.25) is 0 Å². The summed E-state index contributed by atoms with van der Waals surface area (Å²) < 4.78 is 5.87. The van der Waals surface area contributed by atoms with Gasteiger partial charge in [0.2, 0.25) is 5.91 Å². The molecule has 0 unspecified atom stereocenters. The first kappa shape index (κ1) is 16.7. The van der Waals surface area contributed by atoms with Gasteiger partial charge in [0.1, 0.15) is 5.54 Å². The molecule has 1 aliphatic rings. The van der Waals surface area contributed by atoms with E-state index in [4.69, 9.17) is 4.74 Å². The minimum atomic E-state index is -0.867. The highest BCUT2D eigenvalue weighted by atomic mass is 79.9. The first-order valence-corrected chi connectivity index (χ1v) is 8.19. The average Bonchev–Trinajstić information content (AvgIpc) is 2.54. The van der Waals surface area contributed by atoms with Crippen molar-refractivity contribution in [3.63, 3.8) is 0 Å². The van der Waals surface area contributed by atoms with Gasteiger partial charge in [0.25, 0.3) is 0 Å². The second kappa shape index (κ2) is 7.58. The highest BCUT2D eigenvalue weighted by Gasteiger charge is 2.41. The number of hydrogen-bond acceptors (Lipinski definition) is 3. The summed E-state index contributed by atoms with van der Waals surface area (Å²) in [6.07, 6.45) is 7.40. The number of amides is 1. The van der Waals surface area contributed by atoms with Crippen molar-refractivity contribution in [3.8, 4) is 0 Å². The van der Waals surface area contributed by atoms with Crippen LogP contribution in [-0.4, -0.2) is 24.5 Å². The van der Waals surface area contributed by atoms with Gasteiger partial charge in [-0.2, -0.15) is 0 Å². The van der Waals surface area contributed by atoms with E-state index in [9.17, 15) is 9.59 Å². The molecule has 0 spiro atoms. The molecular weight excluding hydrogens is 346 g/mol. The van der Waals surface area contributed by atoms with E-state index in [1.165, 1.54) is 13.2 Å². The lowest BCUT2D eigenvalue weighted by molar-refractivity contribution is -0.152. The van der Waals surface area contributed by atoms with Crippen LogP contribution in [0.4, 0.5) is 0 Å². The van der Waals surface area contributed by atoms with Gasteiger partial charge in [0, 0.05) is 10.5 Å². The fourth-order valence-electron chi connectivity index (χ4n) is 2.75. The summed E-state index contributed by atoms with van der Waals surface area (Å²) in [4.78, 5) is 24.2. The van der Waals surface area contributed by atoms with Gasteiger partial charge in [-0.3, -0.25) is 4.79 Å². The van der Waals surface area contributed by atoms with Crippen molar-refractivity contribution in [3.05, 3.63) is 40.4 Å². The predicted octanol–water partition coefficient (Wildman–Crippen LogP) is 3.45. The third kappa shape index (κ3) is 4.19. The average molecular weight is 366 g/mol. The van der Waals surface area contributed by atoms with E-state index < -0.39 is 5.54 Å². The van der Waals surface area contributed by atoms with Crippen molar-refractivity contribution in [1.82, 2.24) is 5.32 Å². The van der Waals surface area contributed by atoms with E-state index >= 15 is 0 Å². The van der Waals surface area contributed by atoms with Crippen LogP contribution in [0.3, 0.4) is 0 Å². The fraction of sp³-hybridized carbons (Fsp3) is 0.412. The van der Waals surface area contributed by atoms with Crippen LogP contribution in [-0.2, 0) is 14.3 Å². The van der Waals surface area contributed by atoms with Crippen molar-refractivity contribution >= 4 is 33.9 Å². The molecule has 118 valence electrons. The van der Waals surface area contributed by atoms with Crippen LogP contribution in [0, 0.1) is 0 Å². The number of hydrogen-bond donors (Lipinski definition) is 1. The van der Waals surface area contributed by atoms with E-state index in [1.807, 2.05) is 24.3 Å². The SMILES string of the molecule is COC(=O)C1(NC(=O)/C=C/c2ccc(Br)cc2)CCCCC1. The van der Waals surface area contributed by atoms with Crippen molar-refractivity contribution in [2.24, 2.45) is 0 Å². The number of methoxy groups -OCH3 is 1. The van der Waals surface area contributed by atoms with Crippen molar-refractivity contribution < 1.29 is 14.3 Å². The molecule has 22 heavy (non-hydrogen) atoms. The largest absolute Gasteiger partial charge is 0.467 e. The maximum Gasteiger partial charge on any atom is 0.331 e. The van der Waals surface area contributed by atoms with Crippen molar-refractivity contribution in [1.29, 1.82) is 0 Å². The zero-order valence-corrected chi connectivity index (χ0v) is 14.2. The van der Waals surface area contributed by atoms with Crippen LogP contribution in [0.1, 0.15) is 37.7 Å². The molecule has 1 aromatic rings. The van der Waals surface area contributed by atoms with Crippen LogP contribution < -0.4 is 5.32 Å². The summed E-state index contributed by atoms with van der Waals surface area (Å²) in [5.74, 6) is -0.618. The fourth-order valence-corrected chi connectivity index (χ4v) is 3.02. The monoisotopic (exact) mass is 365 g/mol. The molecule has 4 nitrogen and oxygen atoms in total. The summed E-state index contributed by atoms with van der Waals surface area (Å²) in [5, 5.41) is 2.86. The molecule has 0 aromatic heterocycles. The summed E-state index contributed by atoms with van der Waals surface area (Å²) in [6, 6.07) is 7.64. The van der Waals surface area contributed by atoms with E-state index in [2.05, 4.69) is 21.2 Å². The maximum atomic E-state index is 12.2. The molecule has 0 aliphatic heterocycles. The van der Waals surface area contributed by atoms with E-state index in [-0.39, 0.29) is 11.9 Å². The van der Waals surface area contributed by atoms with Gasteiger partial charge in [-0.15, -0.1) is 0 Å². The Balaban J connectivity index is 2.04. The maximum absolute atomic E-state index is 12.2. The lowest BCUT2D eigenvalue weighted by Crippen LogP contribution is -2.55. The Morgan fingerprint density at radius 1 is 1.18 bits per heavy atom. The van der Waals surface area contributed by atoms with Gasteiger partial charge < -0.3 is 10.1 Å². The number of halogens is 1. The number of ether oxygens (including phenoxy) is 1. The molecule has 1 saturated carbocycles. The number of esters is 1. The molecule has 1 aliphatic carbocycles. The molecule has 1 aromatic carbocycles. The standard InChI is InChI=1S/C17H20BrNO3/c1-22-16(21)17(11-3-2-4-12-17)19-15(20)10-7-13-5-8-14(18)9-6-13/h5-10H,2-4,11-12H2,1H3,(H,19,20)/b10-7+. The van der Waals surface area contributed by atoms with Crippen molar-refractivity contribution in [2.75, 3.05) is 7.11 Å². The molecule has 0 atom stereocenters. The molecular formula is C17H20BrNO3. The van der Waals surface area contributed by atoms with E-state index in [0.29, 0.717) is 12.8 Å². The minimum absolute atomic E-state index is 0.268. The molecule has 0 saturated heterocycles. The molecule has 1 N–H and O–H groups in total. The first-order valence-electron chi connectivity index (χ1n) is 7.40. The Morgan fingerprint density at radius 2 is 1.82 bits per heavy atom. The number of carbonyl (C=O) groups excluding carboxylic acids is 2. The van der Waals surface area contributed by atoms with Crippen LogP contribution in [0.15, 0.2) is 34.8 Å². The highest BCUT2D eigenvalue weighted by Crippen LogP contribution is 2.29. The number of benzene rings is 1. The molecule has 0 heterocycles. The van der Waals surface area contributed by atoms with E-state index in [1.54, 1.807) is 6.08 Å². The van der Waals surface area contributed by atoms with Gasteiger partial charge in [0.05, 0.1) is 7.11 Å². The first-order chi connectivity index (χ1) is 10.6. The van der Waals surface area contributed by atoms with Gasteiger partial charge in [-0.05, 0) is 36.6 Å². The molecule has 5 heteroatoms. The Bertz CT molecular complexity index is 560. The van der Waals surface area contributed by atoms with Gasteiger partial charge >= 0.3 is 5.97 Å². The number of rotatable bonds is 4. The molecule has 0 radical (unpaired) electrons. The second-order valence-corrected chi connectivity index (χ2v) is 6.42. The summed E-state index contributed by atoms with van der Waals surface area (Å²) in [6.45, 7) is 0. The summed E-state index contributed by atoms with van der Waals surface area (Å²) >= 11 is 3.37. The Hall–Kier alpha value is -1.62. The summed E-state index contributed by atoms with van der Waals surface area (Å²) in [7, 11) is 1.36. The summed E-state index contributed by atoms with van der Waals surface area (Å²) in [5.41, 5.74) is 0.0582. The minimum Gasteiger partial charge on any atom is -0.467 e. The Labute approximate surface area is 139 Å². The lowest BCUT2D eigenvalue weighted by atomic mass is 9.81. The topological polar surface area (TPSA) is 55.4 Å². The van der Waals surface area contributed by atoms with Crippen LogP contribution in [0.25, 0.3) is 6.08 Å². The molecule has 1 amide bonds. The second-order valence-electron chi connectivity index (χ2n) is 5.51. The zero-order chi connectivity index (χ0) is 16.0. The molecule has 1 fully saturated rings. The normalized spacial score (nSPS) is 17.2. The zero-order valence-electron chi connectivity index (χ0n) is 12.6. The molecule has 2 rings (SSSR count). The van der Waals surface area contributed by atoms with Crippen molar-refractivity contribution in [2.45, 2.75) is 37.6 Å². The number of nitrogens with one attached hydrogen (secondary N) is 1. The predicted molar refractivity (Wildman–Crippen MR) is 89.2 cm³/mol. The molecule has 0 bridgehead atoms. The highest BCUT2D eigenvalue weighted by molar-refractivity contribution is 9.10. The third-order valence-corrected chi connectivity index (χ3v) is 4.47. The Morgan fingerprint density at radius 3 is 2.41 bits per heavy atom. The van der Waals surface area contributed by atoms with Crippen LogP contribution >= 0.6 is 15.9 Å². The van der Waals surface area contributed by atoms with Gasteiger partial charge in [0.15, 0.2) is 0 Å². The number of carbonyl (C=O) groups is 2. The lowest BCUT2D eigenvalue weighted by Gasteiger charge is -2.34. The van der Waals surface area contributed by atoms with Gasteiger partial charge in [-0.1, -0.05) is 47.3 Å².